The minimum absolute atomic E-state index is 0.305. The van der Waals surface area contributed by atoms with Gasteiger partial charge in [-0.1, -0.05) is 23.2 Å². The maximum atomic E-state index is 9.60. The van der Waals surface area contributed by atoms with Crippen molar-refractivity contribution in [3.8, 4) is 5.75 Å². The highest BCUT2D eigenvalue weighted by Crippen LogP contribution is 2.35. The number of rotatable bonds is 3. The number of ether oxygens (including phenoxy) is 1. The number of halogens is 2. The van der Waals surface area contributed by atoms with Gasteiger partial charge in [0.25, 0.3) is 0 Å². The molecule has 15 heavy (non-hydrogen) atoms. The molecule has 0 radical (unpaired) electrons. The van der Waals surface area contributed by atoms with Crippen molar-refractivity contribution in [2.24, 2.45) is 0 Å². The van der Waals surface area contributed by atoms with Crippen LogP contribution in [0.15, 0.2) is 12.1 Å². The van der Waals surface area contributed by atoms with Crippen LogP contribution in [-0.2, 0) is 0 Å². The minimum Gasteiger partial charge on any atom is -0.494 e. The fourth-order valence-corrected chi connectivity index (χ4v) is 1.88. The molecule has 5 heteroatoms. The molecule has 0 fully saturated rings. The van der Waals surface area contributed by atoms with Crippen molar-refractivity contribution in [3.05, 3.63) is 27.7 Å². The Labute approximate surface area is 98.2 Å². The second-order valence-corrected chi connectivity index (χ2v) is 4.02. The first-order chi connectivity index (χ1) is 6.97. The lowest BCUT2D eigenvalue weighted by Gasteiger charge is -2.16. The Kier molecular flexibility index (Phi) is 4.22. The van der Waals surface area contributed by atoms with Crippen LogP contribution in [0.3, 0.4) is 0 Å². The molecule has 0 aromatic heterocycles. The zero-order chi connectivity index (χ0) is 11.6. The summed E-state index contributed by atoms with van der Waals surface area (Å²) in [5.41, 5.74) is 0.459. The van der Waals surface area contributed by atoms with Crippen molar-refractivity contribution in [2.75, 3.05) is 7.11 Å². The van der Waals surface area contributed by atoms with Crippen LogP contribution in [0.1, 0.15) is 18.6 Å². The smallest absolute Gasteiger partial charge is 0.156 e. The number of hydrogen-bond acceptors (Lipinski definition) is 3. The summed E-state index contributed by atoms with van der Waals surface area (Å²) in [7, 11) is 1.46. The van der Waals surface area contributed by atoms with Gasteiger partial charge in [-0.3, -0.25) is 0 Å². The Morgan fingerprint density at radius 3 is 2.00 bits per heavy atom. The van der Waals surface area contributed by atoms with Crippen molar-refractivity contribution < 1.29 is 14.9 Å². The predicted molar refractivity (Wildman–Crippen MR) is 59.7 cm³/mol. The van der Waals surface area contributed by atoms with Gasteiger partial charge in [-0.2, -0.15) is 0 Å². The molecule has 1 rings (SSSR count). The van der Waals surface area contributed by atoms with E-state index in [2.05, 4.69) is 0 Å². The lowest BCUT2D eigenvalue weighted by atomic mass is 10.1. The lowest BCUT2D eigenvalue weighted by Crippen LogP contribution is -2.13. The van der Waals surface area contributed by atoms with Gasteiger partial charge in [-0.15, -0.1) is 0 Å². The molecule has 0 saturated heterocycles. The summed E-state index contributed by atoms with van der Waals surface area (Å²) in [6.07, 6.45) is -1.89. The van der Waals surface area contributed by atoms with E-state index in [0.29, 0.717) is 21.4 Å². The highest BCUT2D eigenvalue weighted by molar-refractivity contribution is 6.37. The molecule has 0 aliphatic heterocycles. The van der Waals surface area contributed by atoms with Crippen molar-refractivity contribution in [1.82, 2.24) is 0 Å². The van der Waals surface area contributed by atoms with Crippen LogP contribution in [0.2, 0.25) is 10.0 Å². The fraction of sp³-hybridized carbons (Fsp3) is 0.400. The molecule has 0 spiro atoms. The molecule has 84 valence electrons. The summed E-state index contributed by atoms with van der Waals surface area (Å²) in [5.74, 6) is 0.361. The Balaban J connectivity index is 3.14. The molecule has 0 amide bonds. The van der Waals surface area contributed by atoms with E-state index in [0.717, 1.165) is 0 Å². The monoisotopic (exact) mass is 250 g/mol. The molecule has 3 nitrogen and oxygen atoms in total. The van der Waals surface area contributed by atoms with Crippen LogP contribution in [0.4, 0.5) is 0 Å². The molecule has 0 bridgehead atoms. The summed E-state index contributed by atoms with van der Waals surface area (Å²) < 4.78 is 4.96. The first-order valence-corrected chi connectivity index (χ1v) is 5.12. The summed E-state index contributed by atoms with van der Waals surface area (Å²) in [5, 5.41) is 19.4. The average Bonchev–Trinajstić information content (AvgIpc) is 2.15. The third kappa shape index (κ3) is 2.75. The van der Waals surface area contributed by atoms with E-state index in [9.17, 15) is 10.2 Å². The summed E-state index contributed by atoms with van der Waals surface area (Å²) in [6, 6.07) is 3.04. The van der Waals surface area contributed by atoms with Gasteiger partial charge in [0.2, 0.25) is 0 Å². The van der Waals surface area contributed by atoms with Crippen LogP contribution in [-0.4, -0.2) is 23.4 Å². The molecule has 2 atom stereocenters. The first-order valence-electron chi connectivity index (χ1n) is 4.36. The van der Waals surface area contributed by atoms with Crippen LogP contribution in [0.5, 0.6) is 5.75 Å². The molecule has 0 aliphatic carbocycles. The molecular weight excluding hydrogens is 239 g/mol. The Hall–Kier alpha value is -0.480. The van der Waals surface area contributed by atoms with Crippen LogP contribution in [0.25, 0.3) is 0 Å². The van der Waals surface area contributed by atoms with Crippen LogP contribution in [0, 0.1) is 0 Å². The number of hydrogen-bond donors (Lipinski definition) is 2. The van der Waals surface area contributed by atoms with E-state index in [1.807, 2.05) is 0 Å². The number of aliphatic hydroxyl groups excluding tert-OH is 2. The average molecular weight is 251 g/mol. The molecule has 0 heterocycles. The number of benzene rings is 1. The summed E-state index contributed by atoms with van der Waals surface area (Å²) in [4.78, 5) is 0. The maximum Gasteiger partial charge on any atom is 0.156 e. The van der Waals surface area contributed by atoms with Gasteiger partial charge in [-0.25, -0.2) is 0 Å². The van der Waals surface area contributed by atoms with Crippen LogP contribution >= 0.6 is 23.2 Å². The molecule has 1 aromatic rings. The van der Waals surface area contributed by atoms with E-state index in [-0.39, 0.29) is 0 Å². The summed E-state index contributed by atoms with van der Waals surface area (Å²) in [6.45, 7) is 1.48. The topological polar surface area (TPSA) is 49.7 Å². The SMILES string of the molecule is COc1c(Cl)cc(C(O)C(C)O)cc1Cl. The predicted octanol–water partition coefficient (Wildman–Crippen LogP) is 2.42. The van der Waals surface area contributed by atoms with E-state index in [1.54, 1.807) is 0 Å². The number of aliphatic hydroxyl groups is 2. The van der Waals surface area contributed by atoms with Gasteiger partial charge < -0.3 is 14.9 Å². The minimum atomic E-state index is -1.01. The highest BCUT2D eigenvalue weighted by atomic mass is 35.5. The van der Waals surface area contributed by atoms with Crippen molar-refractivity contribution >= 4 is 23.2 Å². The van der Waals surface area contributed by atoms with E-state index < -0.39 is 12.2 Å². The normalized spacial score (nSPS) is 14.8. The standard InChI is InChI=1S/C10H12Cl2O3/c1-5(13)9(14)6-3-7(11)10(15-2)8(12)4-6/h3-5,9,13-14H,1-2H3. The molecule has 1 aromatic carbocycles. The number of methoxy groups -OCH3 is 1. The zero-order valence-corrected chi connectivity index (χ0v) is 9.88. The fourth-order valence-electron chi connectivity index (χ4n) is 1.22. The Morgan fingerprint density at radius 1 is 1.20 bits per heavy atom. The van der Waals surface area contributed by atoms with Gasteiger partial charge >= 0.3 is 0 Å². The lowest BCUT2D eigenvalue weighted by molar-refractivity contribution is 0.0305. The molecule has 0 saturated carbocycles. The van der Waals surface area contributed by atoms with Crippen molar-refractivity contribution in [1.29, 1.82) is 0 Å². The summed E-state index contributed by atoms with van der Waals surface area (Å²) >= 11 is 11.8. The third-order valence-electron chi connectivity index (χ3n) is 2.02. The second-order valence-electron chi connectivity index (χ2n) is 3.20. The van der Waals surface area contributed by atoms with E-state index >= 15 is 0 Å². The Morgan fingerprint density at radius 2 is 1.67 bits per heavy atom. The third-order valence-corrected chi connectivity index (χ3v) is 2.58. The van der Waals surface area contributed by atoms with Gasteiger partial charge in [0.15, 0.2) is 5.75 Å². The van der Waals surface area contributed by atoms with Gasteiger partial charge in [0.05, 0.1) is 23.3 Å². The van der Waals surface area contributed by atoms with Gasteiger partial charge in [0, 0.05) is 0 Å². The quantitative estimate of drug-likeness (QED) is 0.867. The van der Waals surface area contributed by atoms with Crippen LogP contribution < -0.4 is 4.74 Å². The molecule has 0 aliphatic rings. The Bertz CT molecular complexity index is 330. The first kappa shape index (κ1) is 12.6. The largest absolute Gasteiger partial charge is 0.494 e. The van der Waals surface area contributed by atoms with Crippen molar-refractivity contribution in [3.63, 3.8) is 0 Å². The molecule has 2 unspecified atom stereocenters. The van der Waals surface area contributed by atoms with Crippen molar-refractivity contribution in [2.45, 2.75) is 19.1 Å². The molecule has 2 N–H and O–H groups in total. The van der Waals surface area contributed by atoms with E-state index in [4.69, 9.17) is 27.9 Å². The maximum absolute atomic E-state index is 9.60. The molecular formula is C10H12Cl2O3. The highest BCUT2D eigenvalue weighted by Gasteiger charge is 2.17. The van der Waals surface area contributed by atoms with Gasteiger partial charge in [-0.05, 0) is 24.6 Å². The zero-order valence-electron chi connectivity index (χ0n) is 8.37. The van der Waals surface area contributed by atoms with Gasteiger partial charge in [0.1, 0.15) is 6.10 Å². The second kappa shape index (κ2) is 5.03. The van der Waals surface area contributed by atoms with E-state index in [1.165, 1.54) is 26.2 Å².